The van der Waals surface area contributed by atoms with E-state index in [1.165, 1.54) is 12.4 Å². The van der Waals surface area contributed by atoms with E-state index >= 15 is 0 Å². The van der Waals surface area contributed by atoms with Crippen molar-refractivity contribution < 1.29 is 19.9 Å². The predicted octanol–water partition coefficient (Wildman–Crippen LogP) is -0.0204. The maximum Gasteiger partial charge on any atom is 0.268 e. The van der Waals surface area contributed by atoms with Crippen LogP contribution in [-0.4, -0.2) is 34.3 Å². The third-order valence-electron chi connectivity index (χ3n) is 2.48. The zero-order chi connectivity index (χ0) is 13.7. The standard InChI is InChI=1S/C12H16N2O4/c1-7-3-5-9(6-4-7)11(16)13-10(8(2)15)12(17)14-18/h3-6,8,10,15,18H,1-2H3,(H,13,16)(H,14,17)/t8-,10+/m1/s1. The van der Waals surface area contributed by atoms with Crippen molar-refractivity contribution in [1.82, 2.24) is 10.8 Å². The predicted molar refractivity (Wildman–Crippen MR) is 64.0 cm³/mol. The van der Waals surface area contributed by atoms with Gasteiger partial charge in [0.05, 0.1) is 6.10 Å². The normalized spacial score (nSPS) is 13.6. The molecule has 6 heteroatoms. The first-order valence-electron chi connectivity index (χ1n) is 5.45. The Morgan fingerprint density at radius 1 is 1.22 bits per heavy atom. The van der Waals surface area contributed by atoms with E-state index in [-0.39, 0.29) is 0 Å². The number of amides is 2. The fourth-order valence-corrected chi connectivity index (χ4v) is 1.40. The Labute approximate surface area is 105 Å². The van der Waals surface area contributed by atoms with Crippen LogP contribution in [0.1, 0.15) is 22.8 Å². The number of hydrogen-bond donors (Lipinski definition) is 4. The van der Waals surface area contributed by atoms with Crippen molar-refractivity contribution in [1.29, 1.82) is 0 Å². The van der Waals surface area contributed by atoms with Gasteiger partial charge in [0.2, 0.25) is 0 Å². The molecule has 0 spiro atoms. The highest BCUT2D eigenvalue weighted by Crippen LogP contribution is 2.04. The smallest absolute Gasteiger partial charge is 0.268 e. The molecule has 0 heterocycles. The van der Waals surface area contributed by atoms with E-state index < -0.39 is 24.0 Å². The molecule has 0 aromatic heterocycles. The summed E-state index contributed by atoms with van der Waals surface area (Å²) in [6.07, 6.45) is -1.12. The lowest BCUT2D eigenvalue weighted by Crippen LogP contribution is -2.51. The molecule has 1 aromatic carbocycles. The molecule has 4 N–H and O–H groups in total. The van der Waals surface area contributed by atoms with Crippen LogP contribution in [0, 0.1) is 6.92 Å². The van der Waals surface area contributed by atoms with Gasteiger partial charge in [-0.15, -0.1) is 0 Å². The number of aliphatic hydroxyl groups excluding tert-OH is 1. The summed E-state index contributed by atoms with van der Waals surface area (Å²) in [6, 6.07) is 5.54. The van der Waals surface area contributed by atoms with Gasteiger partial charge in [0.15, 0.2) is 0 Å². The van der Waals surface area contributed by atoms with E-state index in [1.54, 1.807) is 24.3 Å². The Bertz CT molecular complexity index is 428. The molecule has 0 aliphatic carbocycles. The molecule has 6 nitrogen and oxygen atoms in total. The van der Waals surface area contributed by atoms with Gasteiger partial charge in [-0.05, 0) is 26.0 Å². The number of carbonyl (C=O) groups is 2. The molecule has 1 rings (SSSR count). The molecule has 18 heavy (non-hydrogen) atoms. The summed E-state index contributed by atoms with van der Waals surface area (Å²) < 4.78 is 0. The monoisotopic (exact) mass is 252 g/mol. The van der Waals surface area contributed by atoms with Gasteiger partial charge >= 0.3 is 0 Å². The van der Waals surface area contributed by atoms with Gasteiger partial charge in [-0.3, -0.25) is 14.8 Å². The van der Waals surface area contributed by atoms with Gasteiger partial charge in [-0.1, -0.05) is 17.7 Å². The molecular weight excluding hydrogens is 236 g/mol. The van der Waals surface area contributed by atoms with Gasteiger partial charge in [-0.25, -0.2) is 5.48 Å². The number of carbonyl (C=O) groups excluding carboxylic acids is 2. The Balaban J connectivity index is 2.78. The van der Waals surface area contributed by atoms with Gasteiger partial charge < -0.3 is 10.4 Å². The maximum absolute atomic E-state index is 11.8. The Kier molecular flexibility index (Phi) is 4.82. The Morgan fingerprint density at radius 2 is 1.78 bits per heavy atom. The van der Waals surface area contributed by atoms with Gasteiger partial charge in [-0.2, -0.15) is 0 Å². The summed E-state index contributed by atoms with van der Waals surface area (Å²) in [5.41, 5.74) is 2.78. The van der Waals surface area contributed by atoms with Crippen molar-refractivity contribution in [3.63, 3.8) is 0 Å². The maximum atomic E-state index is 11.8. The molecule has 0 saturated carbocycles. The molecule has 98 valence electrons. The Hall–Kier alpha value is -1.92. The first-order valence-corrected chi connectivity index (χ1v) is 5.45. The summed E-state index contributed by atoms with van der Waals surface area (Å²) in [5, 5.41) is 20.2. The summed E-state index contributed by atoms with van der Waals surface area (Å²) in [5.74, 6) is -1.37. The SMILES string of the molecule is Cc1ccc(C(=O)N[C@H](C(=O)NO)[C@@H](C)O)cc1. The lowest BCUT2D eigenvalue weighted by atomic mass is 10.1. The number of rotatable bonds is 4. The van der Waals surface area contributed by atoms with E-state index in [0.29, 0.717) is 5.56 Å². The molecule has 0 saturated heterocycles. The van der Waals surface area contributed by atoms with Crippen LogP contribution in [0.3, 0.4) is 0 Å². The zero-order valence-corrected chi connectivity index (χ0v) is 10.2. The van der Waals surface area contributed by atoms with E-state index in [1.807, 2.05) is 6.92 Å². The lowest BCUT2D eigenvalue weighted by Gasteiger charge is -2.19. The van der Waals surface area contributed by atoms with Crippen LogP contribution in [0.4, 0.5) is 0 Å². The quantitative estimate of drug-likeness (QED) is 0.447. The van der Waals surface area contributed by atoms with Crippen molar-refractivity contribution in [3.8, 4) is 0 Å². The number of aliphatic hydroxyl groups is 1. The van der Waals surface area contributed by atoms with Crippen LogP contribution >= 0.6 is 0 Å². The summed E-state index contributed by atoms with van der Waals surface area (Å²) in [4.78, 5) is 23.0. The molecule has 1 aromatic rings. The van der Waals surface area contributed by atoms with Crippen LogP contribution in [-0.2, 0) is 4.79 Å². The van der Waals surface area contributed by atoms with Crippen molar-refractivity contribution in [2.24, 2.45) is 0 Å². The number of nitrogens with one attached hydrogen (secondary N) is 2. The van der Waals surface area contributed by atoms with Crippen molar-refractivity contribution in [2.75, 3.05) is 0 Å². The van der Waals surface area contributed by atoms with Gasteiger partial charge in [0, 0.05) is 5.56 Å². The van der Waals surface area contributed by atoms with E-state index in [2.05, 4.69) is 5.32 Å². The van der Waals surface area contributed by atoms with E-state index in [4.69, 9.17) is 5.21 Å². The van der Waals surface area contributed by atoms with Crippen molar-refractivity contribution in [2.45, 2.75) is 26.0 Å². The third kappa shape index (κ3) is 3.54. The molecule has 0 bridgehead atoms. The second kappa shape index (κ2) is 6.13. The highest BCUT2D eigenvalue weighted by atomic mass is 16.5. The van der Waals surface area contributed by atoms with Crippen LogP contribution in [0.5, 0.6) is 0 Å². The molecular formula is C12H16N2O4. The molecule has 0 radical (unpaired) electrons. The molecule has 0 aliphatic rings. The van der Waals surface area contributed by atoms with Crippen molar-refractivity contribution >= 4 is 11.8 Å². The average Bonchev–Trinajstić information content (AvgIpc) is 2.35. The number of aryl methyl sites for hydroxylation is 1. The highest BCUT2D eigenvalue weighted by molar-refractivity contribution is 5.97. The average molecular weight is 252 g/mol. The lowest BCUT2D eigenvalue weighted by molar-refractivity contribution is -0.133. The second-order valence-electron chi connectivity index (χ2n) is 4.03. The van der Waals surface area contributed by atoms with Gasteiger partial charge in [0.25, 0.3) is 11.8 Å². The molecule has 0 fully saturated rings. The van der Waals surface area contributed by atoms with Crippen LogP contribution in [0.25, 0.3) is 0 Å². The van der Waals surface area contributed by atoms with Crippen molar-refractivity contribution in [3.05, 3.63) is 35.4 Å². The second-order valence-corrected chi connectivity index (χ2v) is 4.03. The van der Waals surface area contributed by atoms with Crippen LogP contribution in [0.15, 0.2) is 24.3 Å². The Morgan fingerprint density at radius 3 is 2.22 bits per heavy atom. The van der Waals surface area contributed by atoms with Crippen LogP contribution in [0.2, 0.25) is 0 Å². The first-order chi connectivity index (χ1) is 8.45. The number of hydroxylamine groups is 1. The first kappa shape index (κ1) is 14.1. The number of benzene rings is 1. The minimum Gasteiger partial charge on any atom is -0.391 e. The molecule has 2 amide bonds. The summed E-state index contributed by atoms with van der Waals surface area (Å²) in [7, 11) is 0. The number of hydrogen-bond acceptors (Lipinski definition) is 4. The zero-order valence-electron chi connectivity index (χ0n) is 10.2. The molecule has 0 aliphatic heterocycles. The topological polar surface area (TPSA) is 98.7 Å². The minimum atomic E-state index is -1.20. The summed E-state index contributed by atoms with van der Waals surface area (Å²) in [6.45, 7) is 3.23. The van der Waals surface area contributed by atoms with E-state index in [0.717, 1.165) is 5.56 Å². The fraction of sp³-hybridized carbons (Fsp3) is 0.333. The third-order valence-corrected chi connectivity index (χ3v) is 2.48. The highest BCUT2D eigenvalue weighted by Gasteiger charge is 2.25. The largest absolute Gasteiger partial charge is 0.391 e. The fourth-order valence-electron chi connectivity index (χ4n) is 1.40. The van der Waals surface area contributed by atoms with Gasteiger partial charge in [0.1, 0.15) is 6.04 Å². The van der Waals surface area contributed by atoms with Crippen LogP contribution < -0.4 is 10.8 Å². The molecule has 0 unspecified atom stereocenters. The summed E-state index contributed by atoms with van der Waals surface area (Å²) >= 11 is 0. The van der Waals surface area contributed by atoms with E-state index in [9.17, 15) is 14.7 Å². The molecule has 2 atom stereocenters. The minimum absolute atomic E-state index is 0.372.